The van der Waals surface area contributed by atoms with E-state index in [1.807, 2.05) is 17.5 Å². The van der Waals surface area contributed by atoms with Crippen molar-refractivity contribution >= 4 is 33.7 Å². The summed E-state index contributed by atoms with van der Waals surface area (Å²) in [4.78, 5) is 18.6. The fourth-order valence-corrected chi connectivity index (χ4v) is 4.17. The van der Waals surface area contributed by atoms with E-state index in [9.17, 15) is 4.79 Å². The van der Waals surface area contributed by atoms with Crippen LogP contribution >= 0.6 is 22.7 Å². The Bertz CT molecular complexity index is 905. The Labute approximate surface area is 129 Å². The molecule has 0 aliphatic heterocycles. The summed E-state index contributed by atoms with van der Waals surface area (Å²) in [6, 6.07) is 3.93. The molecule has 0 N–H and O–H groups in total. The van der Waals surface area contributed by atoms with Crippen molar-refractivity contribution in [3.63, 3.8) is 0 Å². The zero-order valence-electron chi connectivity index (χ0n) is 11.2. The number of aromatic nitrogens is 3. The van der Waals surface area contributed by atoms with Crippen LogP contribution in [-0.2, 0) is 0 Å². The van der Waals surface area contributed by atoms with Crippen molar-refractivity contribution < 1.29 is 0 Å². The number of allylic oxidation sites excluding steroid dienone is 2. The van der Waals surface area contributed by atoms with E-state index in [1.165, 1.54) is 15.9 Å². The summed E-state index contributed by atoms with van der Waals surface area (Å²) < 4.78 is 2.20. The SMILES string of the molecule is O=c1/c(=C/C2CC=CCC2)sc2nc(-c3cccs3)nn12. The molecule has 1 aliphatic rings. The Hall–Kier alpha value is -1.79. The van der Waals surface area contributed by atoms with Crippen molar-refractivity contribution in [1.29, 1.82) is 0 Å². The topological polar surface area (TPSA) is 47.3 Å². The average molecular weight is 315 g/mol. The third kappa shape index (κ3) is 2.34. The van der Waals surface area contributed by atoms with Crippen LogP contribution in [0.4, 0.5) is 0 Å². The summed E-state index contributed by atoms with van der Waals surface area (Å²) in [6.45, 7) is 0. The van der Waals surface area contributed by atoms with E-state index in [0.717, 1.165) is 28.7 Å². The summed E-state index contributed by atoms with van der Waals surface area (Å²) in [5.41, 5.74) is -0.0418. The fraction of sp³-hybridized carbons (Fsp3) is 0.267. The second kappa shape index (κ2) is 5.20. The van der Waals surface area contributed by atoms with Crippen LogP contribution in [-0.4, -0.2) is 14.6 Å². The van der Waals surface area contributed by atoms with Crippen LogP contribution < -0.4 is 10.1 Å². The second-order valence-electron chi connectivity index (χ2n) is 5.09. The predicted octanol–water partition coefficient (Wildman–Crippen LogP) is 2.74. The first-order valence-corrected chi connectivity index (χ1v) is 8.61. The third-order valence-electron chi connectivity index (χ3n) is 3.62. The number of thiophene rings is 1. The first-order valence-electron chi connectivity index (χ1n) is 6.91. The minimum atomic E-state index is -0.0418. The lowest BCUT2D eigenvalue weighted by atomic mass is 9.94. The molecule has 0 amide bonds. The molecule has 3 aromatic heterocycles. The largest absolute Gasteiger partial charge is 0.290 e. The highest BCUT2D eigenvalue weighted by Crippen LogP contribution is 2.22. The maximum absolute atomic E-state index is 12.4. The minimum Gasteiger partial charge on any atom is -0.266 e. The zero-order valence-corrected chi connectivity index (χ0v) is 12.9. The Morgan fingerprint density at radius 3 is 3.05 bits per heavy atom. The molecular weight excluding hydrogens is 302 g/mol. The fourth-order valence-electron chi connectivity index (χ4n) is 2.54. The molecule has 0 saturated heterocycles. The van der Waals surface area contributed by atoms with Gasteiger partial charge in [0.1, 0.15) is 0 Å². The van der Waals surface area contributed by atoms with Gasteiger partial charge in [-0.05, 0) is 36.6 Å². The first-order chi connectivity index (χ1) is 10.3. The van der Waals surface area contributed by atoms with Gasteiger partial charge in [-0.15, -0.1) is 16.4 Å². The maximum atomic E-state index is 12.4. The number of rotatable bonds is 2. The van der Waals surface area contributed by atoms with E-state index in [-0.39, 0.29) is 5.56 Å². The van der Waals surface area contributed by atoms with E-state index in [1.54, 1.807) is 11.3 Å². The number of hydrogen-bond acceptors (Lipinski definition) is 5. The van der Waals surface area contributed by atoms with Crippen LogP contribution in [0, 0.1) is 5.92 Å². The lowest BCUT2D eigenvalue weighted by molar-refractivity contribution is 0.612. The number of thiazole rings is 1. The van der Waals surface area contributed by atoms with Gasteiger partial charge < -0.3 is 0 Å². The van der Waals surface area contributed by atoms with Gasteiger partial charge in [-0.2, -0.15) is 9.50 Å². The minimum absolute atomic E-state index is 0.0418. The normalized spacial score (nSPS) is 19.6. The van der Waals surface area contributed by atoms with Crippen molar-refractivity contribution in [2.75, 3.05) is 0 Å². The highest BCUT2D eigenvalue weighted by atomic mass is 32.1. The van der Waals surface area contributed by atoms with Crippen molar-refractivity contribution in [2.45, 2.75) is 19.3 Å². The molecule has 3 aromatic rings. The molecule has 0 spiro atoms. The number of nitrogens with zero attached hydrogens (tertiary/aromatic N) is 3. The summed E-state index contributed by atoms with van der Waals surface area (Å²) in [7, 11) is 0. The van der Waals surface area contributed by atoms with Gasteiger partial charge in [0.25, 0.3) is 5.56 Å². The van der Waals surface area contributed by atoms with E-state index in [4.69, 9.17) is 0 Å². The number of hydrogen-bond donors (Lipinski definition) is 0. The van der Waals surface area contributed by atoms with Gasteiger partial charge in [0.05, 0.1) is 9.41 Å². The highest BCUT2D eigenvalue weighted by molar-refractivity contribution is 7.15. The lowest BCUT2D eigenvalue weighted by Gasteiger charge is -2.11. The summed E-state index contributed by atoms with van der Waals surface area (Å²) in [5.74, 6) is 1.10. The molecule has 0 radical (unpaired) electrons. The molecule has 6 heteroatoms. The molecular formula is C15H13N3OS2. The van der Waals surface area contributed by atoms with E-state index < -0.39 is 0 Å². The van der Waals surface area contributed by atoms with Gasteiger partial charge in [0, 0.05) is 0 Å². The van der Waals surface area contributed by atoms with E-state index in [2.05, 4.69) is 28.3 Å². The van der Waals surface area contributed by atoms with Crippen molar-refractivity contribution in [1.82, 2.24) is 14.6 Å². The van der Waals surface area contributed by atoms with Crippen molar-refractivity contribution in [3.05, 3.63) is 44.6 Å². The highest BCUT2D eigenvalue weighted by Gasteiger charge is 2.14. The van der Waals surface area contributed by atoms with Crippen molar-refractivity contribution in [2.24, 2.45) is 5.92 Å². The molecule has 3 heterocycles. The van der Waals surface area contributed by atoms with Crippen molar-refractivity contribution in [3.8, 4) is 10.7 Å². The molecule has 0 bridgehead atoms. The Morgan fingerprint density at radius 2 is 2.33 bits per heavy atom. The van der Waals surface area contributed by atoms with E-state index in [0.29, 0.717) is 16.7 Å². The van der Waals surface area contributed by atoms with Gasteiger partial charge in [0.2, 0.25) is 4.96 Å². The quantitative estimate of drug-likeness (QED) is 0.683. The van der Waals surface area contributed by atoms with Gasteiger partial charge in [0.15, 0.2) is 5.82 Å². The maximum Gasteiger partial charge on any atom is 0.290 e. The van der Waals surface area contributed by atoms with Crippen LogP contribution in [0.15, 0.2) is 34.5 Å². The molecule has 1 unspecified atom stereocenters. The number of fused-ring (bicyclic) bond motifs is 1. The molecule has 4 nitrogen and oxygen atoms in total. The summed E-state index contributed by atoms with van der Waals surface area (Å²) in [6.07, 6.45) is 9.73. The van der Waals surface area contributed by atoms with Gasteiger partial charge in [-0.3, -0.25) is 4.79 Å². The van der Waals surface area contributed by atoms with Gasteiger partial charge in [-0.1, -0.05) is 35.6 Å². The smallest absolute Gasteiger partial charge is 0.266 e. The Balaban J connectivity index is 1.77. The molecule has 0 aromatic carbocycles. The third-order valence-corrected chi connectivity index (χ3v) is 5.46. The van der Waals surface area contributed by atoms with Crippen LogP contribution in [0.1, 0.15) is 19.3 Å². The molecule has 21 heavy (non-hydrogen) atoms. The van der Waals surface area contributed by atoms with Crippen LogP contribution in [0.25, 0.3) is 21.7 Å². The van der Waals surface area contributed by atoms with Crippen LogP contribution in [0.2, 0.25) is 0 Å². The predicted molar refractivity (Wildman–Crippen MR) is 86.6 cm³/mol. The summed E-state index contributed by atoms with van der Waals surface area (Å²) in [5, 5.41) is 6.33. The Morgan fingerprint density at radius 1 is 1.38 bits per heavy atom. The van der Waals surface area contributed by atoms with E-state index >= 15 is 0 Å². The van der Waals surface area contributed by atoms with Gasteiger partial charge >= 0.3 is 0 Å². The molecule has 4 rings (SSSR count). The standard InChI is InChI=1S/C15H13N3OS2/c19-14-12(9-10-5-2-1-3-6-10)21-15-16-13(17-18(14)15)11-7-4-8-20-11/h1-2,4,7-10H,3,5-6H2/b12-9-. The Kier molecular flexibility index (Phi) is 3.20. The summed E-state index contributed by atoms with van der Waals surface area (Å²) >= 11 is 3.02. The first kappa shape index (κ1) is 12.9. The molecule has 0 fully saturated rings. The van der Waals surface area contributed by atoms with Crippen LogP contribution in [0.3, 0.4) is 0 Å². The molecule has 1 aliphatic carbocycles. The zero-order chi connectivity index (χ0) is 14.2. The molecule has 0 saturated carbocycles. The second-order valence-corrected chi connectivity index (χ2v) is 7.05. The monoisotopic (exact) mass is 315 g/mol. The van der Waals surface area contributed by atoms with Gasteiger partial charge in [-0.25, -0.2) is 0 Å². The molecule has 106 valence electrons. The van der Waals surface area contributed by atoms with Crippen LogP contribution in [0.5, 0.6) is 0 Å². The molecule has 1 atom stereocenters. The average Bonchev–Trinajstić information content (AvgIpc) is 3.20. The lowest BCUT2D eigenvalue weighted by Crippen LogP contribution is -2.25.